The van der Waals surface area contributed by atoms with Gasteiger partial charge in [-0.25, -0.2) is 0 Å². The number of rotatable bonds is 8. The fourth-order valence-electron chi connectivity index (χ4n) is 5.78. The molecule has 0 spiro atoms. The zero-order chi connectivity index (χ0) is 28.7. The molecule has 4 aromatic rings. The quantitative estimate of drug-likeness (QED) is 0.169. The van der Waals surface area contributed by atoms with Crippen molar-refractivity contribution in [2.24, 2.45) is 0 Å². The third kappa shape index (κ3) is 4.53. The second-order valence-corrected chi connectivity index (χ2v) is 10.2. The van der Waals surface area contributed by atoms with Gasteiger partial charge in [0.1, 0.15) is 23.3 Å². The van der Waals surface area contributed by atoms with Crippen molar-refractivity contribution in [2.45, 2.75) is 18.3 Å². The van der Waals surface area contributed by atoms with Crippen LogP contribution in [0.15, 0.2) is 99.1 Å². The second kappa shape index (κ2) is 10.4. The van der Waals surface area contributed by atoms with Gasteiger partial charge < -0.3 is 9.47 Å². The average Bonchev–Trinajstić information content (AvgIpc) is 3.50. The number of esters is 2. The Morgan fingerprint density at radius 2 is 0.976 bits per heavy atom. The van der Waals surface area contributed by atoms with Crippen LogP contribution < -0.4 is 9.47 Å². The molecule has 4 aromatic carbocycles. The zero-order valence-electron chi connectivity index (χ0n) is 22.6. The molecule has 2 aliphatic heterocycles. The summed E-state index contributed by atoms with van der Waals surface area (Å²) in [4.78, 5) is 26.1. The van der Waals surface area contributed by atoms with Crippen LogP contribution in [0, 0.1) is 0 Å². The van der Waals surface area contributed by atoms with Crippen molar-refractivity contribution < 1.29 is 19.1 Å². The normalized spacial score (nSPS) is 16.8. The van der Waals surface area contributed by atoms with Crippen molar-refractivity contribution in [3.63, 3.8) is 0 Å². The summed E-state index contributed by atoms with van der Waals surface area (Å²) in [6.07, 6.45) is 7.63. The maximum Gasteiger partial charge on any atom is 0.323 e. The molecule has 0 fully saturated rings. The first-order valence-electron chi connectivity index (χ1n) is 13.4. The van der Waals surface area contributed by atoms with Gasteiger partial charge >= 0.3 is 11.9 Å². The van der Waals surface area contributed by atoms with Crippen molar-refractivity contribution in [1.29, 1.82) is 0 Å². The highest BCUT2D eigenvalue weighted by Gasteiger charge is 2.37. The minimum Gasteiger partial charge on any atom is -0.425 e. The molecule has 4 nitrogen and oxygen atoms in total. The van der Waals surface area contributed by atoms with Crippen LogP contribution in [0.25, 0.3) is 24.3 Å². The number of carbonyl (C=O) groups excluding carboxylic acids is 2. The van der Waals surface area contributed by atoms with Gasteiger partial charge in [-0.3, -0.25) is 9.59 Å². The number of benzene rings is 4. The van der Waals surface area contributed by atoms with E-state index in [4.69, 9.17) is 9.47 Å². The number of fused-ring (bicyclic) bond motifs is 2. The van der Waals surface area contributed by atoms with Gasteiger partial charge in [-0.05, 0) is 75.2 Å². The summed E-state index contributed by atoms with van der Waals surface area (Å²) in [5.74, 6) is -0.593. The monoisotopic (exact) mass is 536 g/mol. The highest BCUT2D eigenvalue weighted by atomic mass is 16.5. The summed E-state index contributed by atoms with van der Waals surface area (Å²) in [5, 5.41) is 0. The van der Waals surface area contributed by atoms with Crippen LogP contribution in [0.2, 0.25) is 0 Å². The molecule has 0 radical (unpaired) electrons. The fraction of sp³-hybridized carbons (Fsp3) is 0.0811. The maximum absolute atomic E-state index is 13.1. The summed E-state index contributed by atoms with van der Waals surface area (Å²) in [5.41, 5.74) is 8.98. The van der Waals surface area contributed by atoms with Crippen LogP contribution >= 0.6 is 0 Å². The van der Waals surface area contributed by atoms with E-state index in [1.54, 1.807) is 24.3 Å². The Hall–Kier alpha value is -5.22. The summed E-state index contributed by atoms with van der Waals surface area (Å²) in [6, 6.07) is 23.4. The fourth-order valence-corrected chi connectivity index (χ4v) is 5.78. The lowest BCUT2D eigenvalue weighted by Crippen LogP contribution is -2.13. The van der Waals surface area contributed by atoms with E-state index in [1.165, 1.54) is 0 Å². The van der Waals surface area contributed by atoms with Crippen LogP contribution in [0.1, 0.15) is 67.5 Å². The zero-order valence-corrected chi connectivity index (χ0v) is 22.6. The van der Waals surface area contributed by atoms with Crippen molar-refractivity contribution >= 4 is 36.2 Å². The van der Waals surface area contributed by atoms with Crippen LogP contribution in [0.5, 0.6) is 11.5 Å². The molecule has 41 heavy (non-hydrogen) atoms. The standard InChI is InChI=1S/C37H28O4/c1-5-22-9-13-26(7-3)28(18-22)34-30-20-24(11-15-32(30)40-36(34)38)17-25-12-16-33-31(21-25)35(37(39)41-33)29-19-23(6-2)10-14-27(29)8-4/h5-16,18-21,34-35H,1-4,17H2. The van der Waals surface area contributed by atoms with E-state index in [-0.39, 0.29) is 11.9 Å². The van der Waals surface area contributed by atoms with E-state index >= 15 is 0 Å². The van der Waals surface area contributed by atoms with Gasteiger partial charge in [-0.1, -0.05) is 99.2 Å². The molecule has 4 heteroatoms. The summed E-state index contributed by atoms with van der Waals surface area (Å²) < 4.78 is 11.3. The maximum atomic E-state index is 13.1. The van der Waals surface area contributed by atoms with Crippen molar-refractivity contribution in [2.75, 3.05) is 0 Å². The molecule has 0 aliphatic carbocycles. The Balaban J connectivity index is 1.36. The lowest BCUT2D eigenvalue weighted by molar-refractivity contribution is -0.134. The predicted octanol–water partition coefficient (Wildman–Crippen LogP) is 7.95. The molecular weight excluding hydrogens is 508 g/mol. The molecule has 0 N–H and O–H groups in total. The molecule has 200 valence electrons. The molecule has 6 rings (SSSR count). The summed E-state index contributed by atoms with van der Waals surface area (Å²) in [6.45, 7) is 15.6. The van der Waals surface area contributed by atoms with E-state index in [0.717, 1.165) is 55.6 Å². The molecule has 0 saturated heterocycles. The number of ether oxygens (including phenoxy) is 2. The van der Waals surface area contributed by atoms with E-state index in [0.29, 0.717) is 17.9 Å². The Labute approximate surface area is 239 Å². The lowest BCUT2D eigenvalue weighted by Gasteiger charge is -2.14. The van der Waals surface area contributed by atoms with Crippen molar-refractivity contribution in [3.05, 3.63) is 155 Å². The second-order valence-electron chi connectivity index (χ2n) is 10.2. The van der Waals surface area contributed by atoms with Crippen LogP contribution in [-0.2, 0) is 16.0 Å². The van der Waals surface area contributed by atoms with Gasteiger partial charge in [0.25, 0.3) is 0 Å². The molecule has 0 bridgehead atoms. The first-order valence-corrected chi connectivity index (χ1v) is 13.4. The first kappa shape index (κ1) is 26.0. The molecule has 2 unspecified atom stereocenters. The SMILES string of the molecule is C=Cc1ccc(C=C)c(C2C(=O)Oc3ccc(Cc4ccc5c(c4)C(c4cc(C=C)ccc4C=C)C(=O)O5)cc32)c1. The molecular formula is C37H28O4. The van der Waals surface area contributed by atoms with Crippen LogP contribution in [0.3, 0.4) is 0 Å². The Bertz CT molecular complexity index is 1660. The summed E-state index contributed by atoms with van der Waals surface area (Å²) in [7, 11) is 0. The topological polar surface area (TPSA) is 52.6 Å². The molecule has 2 atom stereocenters. The molecule has 0 amide bonds. The van der Waals surface area contributed by atoms with Gasteiger partial charge in [-0.2, -0.15) is 0 Å². The highest BCUT2D eigenvalue weighted by molar-refractivity contribution is 5.92. The molecule has 0 saturated carbocycles. The third-order valence-electron chi connectivity index (χ3n) is 7.83. The predicted molar refractivity (Wildman–Crippen MR) is 164 cm³/mol. The van der Waals surface area contributed by atoms with Crippen molar-refractivity contribution in [3.8, 4) is 11.5 Å². The van der Waals surface area contributed by atoms with Gasteiger partial charge in [0.2, 0.25) is 0 Å². The third-order valence-corrected chi connectivity index (χ3v) is 7.83. The number of hydrogen-bond acceptors (Lipinski definition) is 4. The van der Waals surface area contributed by atoms with E-state index in [9.17, 15) is 9.59 Å². The Morgan fingerprint density at radius 3 is 1.37 bits per heavy atom. The number of hydrogen-bond donors (Lipinski definition) is 0. The summed E-state index contributed by atoms with van der Waals surface area (Å²) >= 11 is 0. The number of carbonyl (C=O) groups is 2. The smallest absolute Gasteiger partial charge is 0.323 e. The molecule has 0 aromatic heterocycles. The molecule has 2 aliphatic rings. The minimum atomic E-state index is -0.553. The van der Waals surface area contributed by atoms with Gasteiger partial charge in [0, 0.05) is 11.1 Å². The van der Waals surface area contributed by atoms with Crippen molar-refractivity contribution in [1.82, 2.24) is 0 Å². The minimum absolute atomic E-state index is 0.308. The van der Waals surface area contributed by atoms with E-state index in [1.807, 2.05) is 72.8 Å². The van der Waals surface area contributed by atoms with Crippen LogP contribution in [-0.4, -0.2) is 11.9 Å². The lowest BCUT2D eigenvalue weighted by atomic mass is 9.85. The molecule has 2 heterocycles. The van der Waals surface area contributed by atoms with Gasteiger partial charge in [-0.15, -0.1) is 0 Å². The van der Waals surface area contributed by atoms with E-state index < -0.39 is 11.8 Å². The largest absolute Gasteiger partial charge is 0.425 e. The van der Waals surface area contributed by atoms with Gasteiger partial charge in [0.15, 0.2) is 0 Å². The first-order chi connectivity index (χ1) is 19.9. The Morgan fingerprint density at radius 1 is 0.537 bits per heavy atom. The average molecular weight is 537 g/mol. The Kier molecular flexibility index (Phi) is 6.60. The van der Waals surface area contributed by atoms with Crippen LogP contribution in [0.4, 0.5) is 0 Å². The van der Waals surface area contributed by atoms with Gasteiger partial charge in [0.05, 0.1) is 0 Å². The van der Waals surface area contributed by atoms with E-state index in [2.05, 4.69) is 26.3 Å². The highest BCUT2D eigenvalue weighted by Crippen LogP contribution is 2.43.